The summed E-state index contributed by atoms with van der Waals surface area (Å²) < 4.78 is 18.5. The van der Waals surface area contributed by atoms with Gasteiger partial charge in [-0.3, -0.25) is 30.1 Å². The summed E-state index contributed by atoms with van der Waals surface area (Å²) in [6, 6.07) is 12.3. The van der Waals surface area contributed by atoms with Crippen molar-refractivity contribution in [3.8, 4) is 28.6 Å². The van der Waals surface area contributed by atoms with Crippen LogP contribution in [0.5, 0.6) is 17.2 Å². The highest BCUT2D eigenvalue weighted by molar-refractivity contribution is 7.71. The van der Waals surface area contributed by atoms with Gasteiger partial charge in [0.25, 0.3) is 5.91 Å². The van der Waals surface area contributed by atoms with E-state index < -0.39 is 5.91 Å². The van der Waals surface area contributed by atoms with Crippen LogP contribution in [-0.4, -0.2) is 46.9 Å². The predicted molar refractivity (Wildman–Crippen MR) is 133 cm³/mol. The summed E-state index contributed by atoms with van der Waals surface area (Å²) >= 11 is 5.32. The van der Waals surface area contributed by atoms with E-state index in [1.54, 1.807) is 22.8 Å². The molecule has 0 bridgehead atoms. The molecule has 11 heteroatoms. The van der Waals surface area contributed by atoms with Gasteiger partial charge < -0.3 is 14.2 Å². The van der Waals surface area contributed by atoms with Gasteiger partial charge in [0.15, 0.2) is 22.1 Å². The summed E-state index contributed by atoms with van der Waals surface area (Å²) in [5.74, 6) is 1.49. The highest BCUT2D eigenvalue weighted by Crippen LogP contribution is 2.28. The summed E-state index contributed by atoms with van der Waals surface area (Å²) in [6.45, 7) is 5.31. The average Bonchev–Trinajstić information content (AvgIpc) is 3.25. The zero-order valence-corrected chi connectivity index (χ0v) is 20.7. The number of hydrazine groups is 1. The number of nitrogens with zero attached hydrogens (tertiary/aromatic N) is 2. The van der Waals surface area contributed by atoms with Crippen molar-refractivity contribution in [1.82, 2.24) is 25.6 Å². The first-order valence-electron chi connectivity index (χ1n) is 11.2. The van der Waals surface area contributed by atoms with Crippen LogP contribution in [0, 0.1) is 4.77 Å². The maximum Gasteiger partial charge on any atom is 0.269 e. The molecule has 0 aliphatic rings. The van der Waals surface area contributed by atoms with Crippen LogP contribution in [0.4, 0.5) is 0 Å². The summed E-state index contributed by atoms with van der Waals surface area (Å²) in [7, 11) is 1.50. The SMILES string of the molecule is CCCOc1ccc(C(=O)NNC(=O)CCn2c(-c3ccc(OCC)cc3)n[nH]c2=S)cc1OC. The molecule has 0 saturated carbocycles. The Kier molecular flexibility index (Phi) is 9.24. The standard InChI is InChI=1S/C24H29N5O5S/c1-4-14-34-19-11-8-17(15-20(19)32-3)23(31)27-25-21(30)12-13-29-22(26-28-24(29)35)16-6-9-18(10-7-16)33-5-2/h6-11,15H,4-5,12-14H2,1-3H3,(H,25,30)(H,27,31)(H,28,35). The molecule has 1 aromatic heterocycles. The van der Waals surface area contributed by atoms with Gasteiger partial charge in [0.1, 0.15) is 5.75 Å². The Morgan fingerprint density at radius 1 is 1.06 bits per heavy atom. The van der Waals surface area contributed by atoms with Crippen molar-refractivity contribution in [3.63, 3.8) is 0 Å². The first kappa shape index (κ1) is 25.8. The lowest BCUT2D eigenvalue weighted by atomic mass is 10.2. The summed E-state index contributed by atoms with van der Waals surface area (Å²) in [4.78, 5) is 24.9. The van der Waals surface area contributed by atoms with Gasteiger partial charge in [0.05, 0.1) is 20.3 Å². The van der Waals surface area contributed by atoms with Crippen LogP contribution >= 0.6 is 12.2 Å². The Bertz CT molecular complexity index is 1210. The first-order chi connectivity index (χ1) is 17.0. The van der Waals surface area contributed by atoms with E-state index in [4.69, 9.17) is 26.4 Å². The quantitative estimate of drug-likeness (QED) is 0.272. The molecule has 0 fully saturated rings. The molecule has 0 spiro atoms. The van der Waals surface area contributed by atoms with Gasteiger partial charge in [-0.15, -0.1) is 0 Å². The van der Waals surface area contributed by atoms with E-state index in [-0.39, 0.29) is 18.9 Å². The van der Waals surface area contributed by atoms with Crippen molar-refractivity contribution < 1.29 is 23.8 Å². The Morgan fingerprint density at radius 2 is 1.83 bits per heavy atom. The molecule has 10 nitrogen and oxygen atoms in total. The minimum absolute atomic E-state index is 0.0747. The number of aromatic nitrogens is 3. The van der Waals surface area contributed by atoms with Crippen molar-refractivity contribution in [3.05, 3.63) is 52.8 Å². The molecule has 0 unspecified atom stereocenters. The fourth-order valence-electron chi connectivity index (χ4n) is 3.23. The third kappa shape index (κ3) is 6.82. The number of amides is 2. The predicted octanol–water partition coefficient (Wildman–Crippen LogP) is 3.66. The molecule has 0 saturated heterocycles. The van der Waals surface area contributed by atoms with Crippen LogP contribution in [0.15, 0.2) is 42.5 Å². The topological polar surface area (TPSA) is 120 Å². The molecule has 186 valence electrons. The van der Waals surface area contributed by atoms with Crippen LogP contribution < -0.4 is 25.1 Å². The minimum atomic E-state index is -0.478. The van der Waals surface area contributed by atoms with Crippen LogP contribution in [0.2, 0.25) is 0 Å². The molecule has 3 N–H and O–H groups in total. The molecule has 2 amide bonds. The monoisotopic (exact) mass is 499 g/mol. The van der Waals surface area contributed by atoms with Gasteiger partial charge in [-0.2, -0.15) is 5.10 Å². The van der Waals surface area contributed by atoms with Crippen molar-refractivity contribution in [2.45, 2.75) is 33.2 Å². The normalized spacial score (nSPS) is 10.5. The van der Waals surface area contributed by atoms with Crippen molar-refractivity contribution in [1.29, 1.82) is 0 Å². The Morgan fingerprint density at radius 3 is 2.51 bits per heavy atom. The summed E-state index contributed by atoms with van der Waals surface area (Å²) in [5.41, 5.74) is 5.99. The molecule has 0 aliphatic heterocycles. The number of aromatic amines is 1. The zero-order valence-electron chi connectivity index (χ0n) is 19.9. The maximum atomic E-state index is 12.5. The van der Waals surface area contributed by atoms with Gasteiger partial charge in [-0.1, -0.05) is 6.92 Å². The fraction of sp³-hybridized carbons (Fsp3) is 0.333. The molecule has 0 atom stereocenters. The number of carbonyl (C=O) groups is 2. The van der Waals surface area contributed by atoms with Crippen LogP contribution in [0.3, 0.4) is 0 Å². The number of rotatable bonds is 11. The lowest BCUT2D eigenvalue weighted by Gasteiger charge is -2.12. The molecule has 0 aliphatic carbocycles. The van der Waals surface area contributed by atoms with E-state index in [9.17, 15) is 9.59 Å². The number of methoxy groups -OCH3 is 1. The third-order valence-corrected chi connectivity index (χ3v) is 5.26. The number of H-pyrrole nitrogens is 1. The van der Waals surface area contributed by atoms with Gasteiger partial charge in [-0.25, -0.2) is 0 Å². The van der Waals surface area contributed by atoms with E-state index in [1.165, 1.54) is 7.11 Å². The first-order valence-corrected chi connectivity index (χ1v) is 11.7. The molecule has 35 heavy (non-hydrogen) atoms. The second-order valence-electron chi connectivity index (χ2n) is 7.43. The fourth-order valence-corrected chi connectivity index (χ4v) is 3.45. The van der Waals surface area contributed by atoms with E-state index in [1.807, 2.05) is 38.1 Å². The van der Waals surface area contributed by atoms with Crippen LogP contribution in [0.25, 0.3) is 11.4 Å². The number of hydrogen-bond acceptors (Lipinski definition) is 7. The Balaban J connectivity index is 1.57. The molecular formula is C24H29N5O5S. The number of nitrogens with one attached hydrogen (secondary N) is 3. The highest BCUT2D eigenvalue weighted by atomic mass is 32.1. The van der Waals surface area contributed by atoms with Crippen LogP contribution in [-0.2, 0) is 11.3 Å². The number of hydrogen-bond donors (Lipinski definition) is 3. The zero-order chi connectivity index (χ0) is 25.2. The highest BCUT2D eigenvalue weighted by Gasteiger charge is 2.14. The molecular weight excluding hydrogens is 470 g/mol. The molecule has 0 radical (unpaired) electrons. The number of ether oxygens (including phenoxy) is 3. The Hall–Kier alpha value is -3.86. The molecule has 3 rings (SSSR count). The largest absolute Gasteiger partial charge is 0.494 e. The van der Waals surface area contributed by atoms with E-state index in [0.717, 1.165) is 17.7 Å². The summed E-state index contributed by atoms with van der Waals surface area (Å²) in [6.07, 6.45) is 0.925. The lowest BCUT2D eigenvalue weighted by Crippen LogP contribution is -2.41. The molecule has 3 aromatic rings. The van der Waals surface area contributed by atoms with E-state index in [0.29, 0.717) is 40.9 Å². The lowest BCUT2D eigenvalue weighted by molar-refractivity contribution is -0.122. The smallest absolute Gasteiger partial charge is 0.269 e. The van der Waals surface area contributed by atoms with Gasteiger partial charge >= 0.3 is 0 Å². The van der Waals surface area contributed by atoms with Crippen molar-refractivity contribution >= 4 is 24.0 Å². The van der Waals surface area contributed by atoms with E-state index >= 15 is 0 Å². The van der Waals surface area contributed by atoms with Gasteiger partial charge in [0, 0.05) is 24.1 Å². The van der Waals surface area contributed by atoms with Crippen molar-refractivity contribution in [2.75, 3.05) is 20.3 Å². The van der Waals surface area contributed by atoms with Gasteiger partial charge in [0.2, 0.25) is 5.91 Å². The maximum absolute atomic E-state index is 12.5. The number of carbonyl (C=O) groups excluding carboxylic acids is 2. The Labute approximate surface area is 208 Å². The average molecular weight is 500 g/mol. The second-order valence-corrected chi connectivity index (χ2v) is 7.81. The molecule has 2 aromatic carbocycles. The van der Waals surface area contributed by atoms with Crippen molar-refractivity contribution in [2.24, 2.45) is 0 Å². The van der Waals surface area contributed by atoms with Gasteiger partial charge in [-0.05, 0) is 68.0 Å². The number of benzene rings is 2. The van der Waals surface area contributed by atoms with E-state index in [2.05, 4.69) is 21.0 Å². The minimum Gasteiger partial charge on any atom is -0.494 e. The third-order valence-electron chi connectivity index (χ3n) is 4.95. The summed E-state index contributed by atoms with van der Waals surface area (Å²) in [5, 5.41) is 7.04. The molecule has 1 heterocycles. The second kappa shape index (κ2) is 12.6. The van der Waals surface area contributed by atoms with Crippen LogP contribution in [0.1, 0.15) is 37.0 Å².